The minimum Gasteiger partial charge on any atom is -0.405 e. The summed E-state index contributed by atoms with van der Waals surface area (Å²) < 4.78 is 2.19. The molecule has 0 saturated carbocycles. The second kappa shape index (κ2) is 11.9. The summed E-state index contributed by atoms with van der Waals surface area (Å²) in [5, 5.41) is 1.21. The van der Waals surface area contributed by atoms with E-state index >= 15 is 0 Å². The number of hydrogen-bond acceptors (Lipinski definition) is 3. The van der Waals surface area contributed by atoms with Gasteiger partial charge in [0.15, 0.2) is 0 Å². The first-order valence-electron chi connectivity index (χ1n) is 15.0. The lowest BCUT2D eigenvalue weighted by atomic mass is 9.92. The van der Waals surface area contributed by atoms with E-state index in [1.807, 2.05) is 30.3 Å². The average molecular weight is 569 g/mol. The summed E-state index contributed by atoms with van der Waals surface area (Å²) in [6.07, 6.45) is 4.46. The Labute approximate surface area is 257 Å². The Balaban J connectivity index is 1.32. The van der Waals surface area contributed by atoms with Crippen molar-refractivity contribution in [2.75, 3.05) is 0 Å². The smallest absolute Gasteiger partial charge is 0.138 e. The highest BCUT2D eigenvalue weighted by atomic mass is 15.1. The van der Waals surface area contributed by atoms with Gasteiger partial charge in [0.1, 0.15) is 5.82 Å². The molecule has 2 N–H and O–H groups in total. The average Bonchev–Trinajstić information content (AvgIpc) is 3.42. The van der Waals surface area contributed by atoms with E-state index < -0.39 is 0 Å². The van der Waals surface area contributed by atoms with Crippen LogP contribution in [-0.4, -0.2) is 14.5 Å². The fourth-order valence-corrected chi connectivity index (χ4v) is 6.07. The number of nitrogens with two attached hydrogens (primary N) is 1. The quantitative estimate of drug-likeness (QED) is 0.208. The predicted octanol–water partition coefficient (Wildman–Crippen LogP) is 9.58. The van der Waals surface area contributed by atoms with Crippen LogP contribution in [0.15, 0.2) is 146 Å². The van der Waals surface area contributed by atoms with Crippen molar-refractivity contribution in [1.82, 2.24) is 14.5 Å². The molecule has 0 spiro atoms. The van der Waals surface area contributed by atoms with E-state index in [0.29, 0.717) is 0 Å². The highest BCUT2D eigenvalue weighted by Gasteiger charge is 2.17. The maximum atomic E-state index is 5.91. The Kier molecular flexibility index (Phi) is 7.31. The van der Waals surface area contributed by atoms with Crippen LogP contribution in [0.3, 0.4) is 0 Å². The molecule has 0 unspecified atom stereocenters. The summed E-state index contributed by atoms with van der Waals surface area (Å²) >= 11 is 0. The molecule has 0 bridgehead atoms. The lowest BCUT2D eigenvalue weighted by Crippen LogP contribution is -2.02. The number of benzene rings is 4. The van der Waals surface area contributed by atoms with Gasteiger partial charge >= 0.3 is 0 Å². The number of aryl methyl sites for hydroxylation is 1. The normalized spacial score (nSPS) is 11.4. The van der Waals surface area contributed by atoms with Crippen LogP contribution in [0.2, 0.25) is 0 Å². The molecule has 4 heteroatoms. The van der Waals surface area contributed by atoms with E-state index in [9.17, 15) is 0 Å². The zero-order chi connectivity index (χ0) is 29.9. The second-order valence-corrected chi connectivity index (χ2v) is 10.7. The molecule has 212 valence electrons. The van der Waals surface area contributed by atoms with Crippen LogP contribution < -0.4 is 5.73 Å². The van der Waals surface area contributed by atoms with Gasteiger partial charge in [-0.3, -0.25) is 4.57 Å². The molecule has 44 heavy (non-hydrogen) atoms. The van der Waals surface area contributed by atoms with Gasteiger partial charge in [-0.1, -0.05) is 110 Å². The minimum absolute atomic E-state index is 0.812. The third-order valence-corrected chi connectivity index (χ3v) is 8.09. The number of hydrogen-bond donors (Lipinski definition) is 1. The standard InChI is InChI=1S/C40H32N4/c1-2-31-33-17-9-10-21-38(33)44(39(31)25-26-41)40-22-12-20-37(43-40)36-19-11-18-35(42-36)30-23-24-32(28-13-5-3-6-14-28)34(27-30)29-15-7-4-8-16-29/h3-27H,2,41H2,1H3/b26-25-. The summed E-state index contributed by atoms with van der Waals surface area (Å²) in [5.41, 5.74) is 17.6. The topological polar surface area (TPSA) is 56.7 Å². The van der Waals surface area contributed by atoms with E-state index in [1.54, 1.807) is 6.20 Å². The van der Waals surface area contributed by atoms with Crippen molar-refractivity contribution in [1.29, 1.82) is 0 Å². The maximum Gasteiger partial charge on any atom is 0.138 e. The van der Waals surface area contributed by atoms with Crippen molar-refractivity contribution >= 4 is 17.0 Å². The monoisotopic (exact) mass is 568 g/mol. The fourth-order valence-electron chi connectivity index (χ4n) is 6.07. The van der Waals surface area contributed by atoms with Crippen molar-refractivity contribution in [2.45, 2.75) is 13.3 Å². The highest BCUT2D eigenvalue weighted by molar-refractivity contribution is 5.90. The molecule has 7 rings (SSSR count). The van der Waals surface area contributed by atoms with Crippen LogP contribution in [0.4, 0.5) is 0 Å². The molecule has 0 aliphatic carbocycles. The Bertz CT molecular complexity index is 2110. The molecule has 0 saturated heterocycles. The van der Waals surface area contributed by atoms with Crippen LogP contribution in [0.1, 0.15) is 18.2 Å². The molecular weight excluding hydrogens is 536 g/mol. The van der Waals surface area contributed by atoms with Gasteiger partial charge in [0.25, 0.3) is 0 Å². The highest BCUT2D eigenvalue weighted by Crippen LogP contribution is 2.36. The third kappa shape index (κ3) is 4.97. The molecule has 7 aromatic rings. The van der Waals surface area contributed by atoms with Crippen molar-refractivity contribution in [2.24, 2.45) is 5.73 Å². The molecule has 3 aromatic heterocycles. The van der Waals surface area contributed by atoms with E-state index in [0.717, 1.165) is 46.1 Å². The van der Waals surface area contributed by atoms with Gasteiger partial charge in [0, 0.05) is 10.9 Å². The Morgan fingerprint density at radius 1 is 0.591 bits per heavy atom. The lowest BCUT2D eigenvalue weighted by molar-refractivity contribution is 1.01. The van der Waals surface area contributed by atoms with Gasteiger partial charge in [-0.2, -0.15) is 0 Å². The Hall–Kier alpha value is -5.74. The Morgan fingerprint density at radius 3 is 1.95 bits per heavy atom. The zero-order valence-corrected chi connectivity index (χ0v) is 24.6. The number of nitrogens with zero attached hydrogens (tertiary/aromatic N) is 3. The SMILES string of the molecule is CCc1c(/C=C\N)n(-c2cccc(-c3cccc(-c4ccc(-c5ccccc5)c(-c5ccccc5)c4)n3)n2)c2ccccc12. The molecule has 4 aromatic carbocycles. The van der Waals surface area contributed by atoms with Gasteiger partial charge in [0.05, 0.1) is 28.3 Å². The number of fused-ring (bicyclic) bond motifs is 1. The van der Waals surface area contributed by atoms with Gasteiger partial charge in [-0.15, -0.1) is 0 Å². The van der Waals surface area contributed by atoms with E-state index in [2.05, 4.69) is 127 Å². The Morgan fingerprint density at radius 2 is 1.23 bits per heavy atom. The molecule has 0 aliphatic heterocycles. The number of rotatable bonds is 7. The van der Waals surface area contributed by atoms with Crippen molar-refractivity contribution in [3.8, 4) is 50.7 Å². The summed E-state index contributed by atoms with van der Waals surface area (Å²) in [6.45, 7) is 2.18. The van der Waals surface area contributed by atoms with Gasteiger partial charge in [0.2, 0.25) is 0 Å². The fraction of sp³-hybridized carbons (Fsp3) is 0.0500. The first-order chi connectivity index (χ1) is 21.7. The van der Waals surface area contributed by atoms with Crippen LogP contribution in [0.25, 0.3) is 67.7 Å². The second-order valence-electron chi connectivity index (χ2n) is 10.7. The first kappa shape index (κ1) is 27.1. The summed E-state index contributed by atoms with van der Waals surface area (Å²) in [5.74, 6) is 0.831. The summed E-state index contributed by atoms with van der Waals surface area (Å²) in [6, 6.07) is 48.4. The predicted molar refractivity (Wildman–Crippen MR) is 183 cm³/mol. The maximum absolute atomic E-state index is 5.91. The van der Waals surface area contributed by atoms with Gasteiger partial charge in [-0.25, -0.2) is 9.97 Å². The van der Waals surface area contributed by atoms with Crippen molar-refractivity contribution < 1.29 is 0 Å². The van der Waals surface area contributed by atoms with Gasteiger partial charge in [-0.05, 0) is 82.9 Å². The lowest BCUT2D eigenvalue weighted by Gasteiger charge is -2.14. The molecule has 0 fully saturated rings. The van der Waals surface area contributed by atoms with Gasteiger partial charge < -0.3 is 5.73 Å². The summed E-state index contributed by atoms with van der Waals surface area (Å²) in [4.78, 5) is 10.3. The van der Waals surface area contributed by atoms with E-state index in [4.69, 9.17) is 15.7 Å². The number of pyridine rings is 2. The van der Waals surface area contributed by atoms with Crippen molar-refractivity contribution in [3.05, 3.63) is 157 Å². The van der Waals surface area contributed by atoms with E-state index in [-0.39, 0.29) is 0 Å². The zero-order valence-electron chi connectivity index (χ0n) is 24.6. The molecule has 0 aliphatic rings. The number of para-hydroxylation sites is 1. The molecule has 0 radical (unpaired) electrons. The molecule has 4 nitrogen and oxygen atoms in total. The molecule has 3 heterocycles. The molecular formula is C40H32N4. The van der Waals surface area contributed by atoms with Crippen LogP contribution >= 0.6 is 0 Å². The third-order valence-electron chi connectivity index (χ3n) is 8.09. The minimum atomic E-state index is 0.812. The molecule has 0 amide bonds. The van der Waals surface area contributed by atoms with Crippen LogP contribution in [0.5, 0.6) is 0 Å². The molecule has 0 atom stereocenters. The summed E-state index contributed by atoms with van der Waals surface area (Å²) in [7, 11) is 0. The van der Waals surface area contributed by atoms with E-state index in [1.165, 1.54) is 33.2 Å². The van der Waals surface area contributed by atoms with Crippen LogP contribution in [0, 0.1) is 0 Å². The van der Waals surface area contributed by atoms with Crippen LogP contribution in [-0.2, 0) is 6.42 Å². The number of aromatic nitrogens is 3. The van der Waals surface area contributed by atoms with Crippen molar-refractivity contribution in [3.63, 3.8) is 0 Å². The first-order valence-corrected chi connectivity index (χ1v) is 15.0. The largest absolute Gasteiger partial charge is 0.405 e.